The van der Waals surface area contributed by atoms with Crippen LogP contribution >= 0.6 is 0 Å². The minimum Gasteiger partial charge on any atom is -0.385 e. The molecule has 0 unspecified atom stereocenters. The van der Waals surface area contributed by atoms with Crippen molar-refractivity contribution in [3.8, 4) is 0 Å². The van der Waals surface area contributed by atoms with Crippen molar-refractivity contribution >= 4 is 22.7 Å². The van der Waals surface area contributed by atoms with Crippen molar-refractivity contribution < 1.29 is 0 Å². The summed E-state index contributed by atoms with van der Waals surface area (Å²) < 4.78 is 0. The molecule has 2 rings (SSSR count). The second kappa shape index (κ2) is 20.1. The second-order valence-corrected chi connectivity index (χ2v) is 10.1. The summed E-state index contributed by atoms with van der Waals surface area (Å²) in [5.74, 6) is 0. The summed E-state index contributed by atoms with van der Waals surface area (Å²) in [7, 11) is 0. The first-order valence-electron chi connectivity index (χ1n) is 14.8. The highest BCUT2D eigenvalue weighted by Crippen LogP contribution is 2.23. The van der Waals surface area contributed by atoms with Crippen molar-refractivity contribution in [2.75, 3.05) is 29.0 Å². The normalized spacial score (nSPS) is 10.9. The molecule has 0 aliphatic heterocycles. The maximum absolute atomic E-state index is 3.60. The second-order valence-electron chi connectivity index (χ2n) is 10.1. The zero-order valence-electron chi connectivity index (χ0n) is 22.8. The quantitative estimate of drug-likeness (QED) is 0.147. The predicted octanol–water partition coefficient (Wildman–Crippen LogP) is 10.5. The Morgan fingerprint density at radius 2 is 0.771 bits per heavy atom. The van der Waals surface area contributed by atoms with E-state index >= 15 is 0 Å². The van der Waals surface area contributed by atoms with E-state index in [1.807, 2.05) is 0 Å². The van der Waals surface area contributed by atoms with Crippen LogP contribution in [0.2, 0.25) is 0 Å². The smallest absolute Gasteiger partial charge is 0.0404 e. The molecule has 2 aromatic rings. The van der Waals surface area contributed by atoms with Crippen molar-refractivity contribution in [2.24, 2.45) is 0 Å². The van der Waals surface area contributed by atoms with Gasteiger partial charge in [-0.15, -0.1) is 0 Å². The molecule has 2 aromatic carbocycles. The molecule has 0 saturated carbocycles. The molecule has 0 saturated heterocycles. The molecule has 0 aliphatic carbocycles. The Hall–Kier alpha value is -2.16. The molecule has 0 heterocycles. The molecule has 0 spiro atoms. The third-order valence-corrected chi connectivity index (χ3v) is 6.73. The molecule has 0 atom stereocenters. The molecule has 0 bridgehead atoms. The van der Waals surface area contributed by atoms with E-state index in [9.17, 15) is 0 Å². The van der Waals surface area contributed by atoms with Crippen molar-refractivity contribution in [3.63, 3.8) is 0 Å². The van der Waals surface area contributed by atoms with Gasteiger partial charge in [0.15, 0.2) is 0 Å². The number of rotatable bonds is 22. The van der Waals surface area contributed by atoms with Gasteiger partial charge in [-0.1, -0.05) is 116 Å². The summed E-state index contributed by atoms with van der Waals surface area (Å²) >= 11 is 0. The molecular weight excluding hydrogens is 426 g/mol. The van der Waals surface area contributed by atoms with Crippen molar-refractivity contribution in [3.05, 3.63) is 48.5 Å². The van der Waals surface area contributed by atoms with E-state index in [1.165, 1.54) is 114 Å². The average molecular weight is 480 g/mol. The third kappa shape index (κ3) is 14.8. The van der Waals surface area contributed by atoms with Crippen molar-refractivity contribution in [1.82, 2.24) is 0 Å². The molecule has 0 aromatic heterocycles. The Morgan fingerprint density at radius 1 is 0.429 bits per heavy atom. The highest BCUT2D eigenvalue weighted by atomic mass is 14.9. The van der Waals surface area contributed by atoms with Gasteiger partial charge in [-0.25, -0.2) is 0 Å². The maximum Gasteiger partial charge on any atom is 0.0404 e. The van der Waals surface area contributed by atoms with Gasteiger partial charge in [0, 0.05) is 35.8 Å². The van der Waals surface area contributed by atoms with E-state index in [1.54, 1.807) is 0 Å². The van der Waals surface area contributed by atoms with Crippen molar-refractivity contribution in [2.45, 2.75) is 117 Å². The fraction of sp³-hybridized carbons (Fsp3) is 0.625. The highest BCUT2D eigenvalue weighted by Gasteiger charge is 2.00. The molecule has 3 nitrogen and oxygen atoms in total. The van der Waals surface area contributed by atoms with Crippen LogP contribution in [0, 0.1) is 0 Å². The van der Waals surface area contributed by atoms with E-state index in [0.29, 0.717) is 0 Å². The Kier molecular flexibility index (Phi) is 16.7. The van der Waals surface area contributed by atoms with Gasteiger partial charge in [0.05, 0.1) is 0 Å². The van der Waals surface area contributed by atoms with Gasteiger partial charge in [0.2, 0.25) is 0 Å². The lowest BCUT2D eigenvalue weighted by molar-refractivity contribution is 0.581. The molecule has 0 fully saturated rings. The molecule has 3 N–H and O–H groups in total. The predicted molar refractivity (Wildman–Crippen MR) is 158 cm³/mol. The first-order chi connectivity index (χ1) is 17.3. The van der Waals surface area contributed by atoms with Crippen LogP contribution in [0.4, 0.5) is 22.7 Å². The lowest BCUT2D eigenvalue weighted by Gasteiger charge is -2.12. The van der Waals surface area contributed by atoms with E-state index in [4.69, 9.17) is 0 Å². The molecule has 35 heavy (non-hydrogen) atoms. The van der Waals surface area contributed by atoms with Crippen LogP contribution in [-0.4, -0.2) is 13.1 Å². The SMILES string of the molecule is CCCCCCCCCCNc1cccc(Nc2cccc(NCCCCCCCCCC)c2)c1. The summed E-state index contributed by atoms with van der Waals surface area (Å²) in [6, 6.07) is 17.3. The van der Waals surface area contributed by atoms with E-state index in [2.05, 4.69) is 78.3 Å². The lowest BCUT2D eigenvalue weighted by Crippen LogP contribution is -2.03. The third-order valence-electron chi connectivity index (χ3n) is 6.73. The fourth-order valence-corrected chi connectivity index (χ4v) is 4.56. The van der Waals surface area contributed by atoms with Gasteiger partial charge >= 0.3 is 0 Å². The summed E-state index contributed by atoms with van der Waals surface area (Å²) in [6.07, 6.45) is 21.8. The summed E-state index contributed by atoms with van der Waals surface area (Å²) in [6.45, 7) is 6.67. The molecular formula is C32H53N3. The summed E-state index contributed by atoms with van der Waals surface area (Å²) in [5, 5.41) is 10.8. The number of unbranched alkanes of at least 4 members (excludes halogenated alkanes) is 14. The summed E-state index contributed by atoms with van der Waals surface area (Å²) in [4.78, 5) is 0. The van der Waals surface area contributed by atoms with E-state index < -0.39 is 0 Å². The minimum absolute atomic E-state index is 1.05. The monoisotopic (exact) mass is 479 g/mol. The standard InChI is InChI=1S/C32H53N3/c1-3-5-7-9-11-13-15-17-25-33-29-21-19-23-31(27-29)35-32-24-20-22-30(28-32)34-26-18-16-14-12-10-8-6-4-2/h19-24,27-28,33-35H,3-18,25-26H2,1-2H3. The Balaban J connectivity index is 1.62. The Morgan fingerprint density at radius 3 is 1.17 bits per heavy atom. The molecule has 0 radical (unpaired) electrons. The first kappa shape index (κ1) is 29.1. The van der Waals surface area contributed by atoms with Crippen LogP contribution in [0.5, 0.6) is 0 Å². The van der Waals surface area contributed by atoms with Gasteiger partial charge < -0.3 is 16.0 Å². The molecule has 0 aliphatic rings. The topological polar surface area (TPSA) is 36.1 Å². The maximum atomic E-state index is 3.60. The number of hydrogen-bond donors (Lipinski definition) is 3. The molecule has 196 valence electrons. The highest BCUT2D eigenvalue weighted by molar-refractivity contribution is 5.67. The molecule has 0 amide bonds. The van der Waals surface area contributed by atoms with Gasteiger partial charge in [0.25, 0.3) is 0 Å². The van der Waals surface area contributed by atoms with Crippen LogP contribution in [0.1, 0.15) is 117 Å². The van der Waals surface area contributed by atoms with Crippen LogP contribution in [-0.2, 0) is 0 Å². The van der Waals surface area contributed by atoms with Gasteiger partial charge in [-0.2, -0.15) is 0 Å². The largest absolute Gasteiger partial charge is 0.385 e. The number of hydrogen-bond acceptors (Lipinski definition) is 3. The lowest BCUT2D eigenvalue weighted by atomic mass is 10.1. The van der Waals surface area contributed by atoms with Gasteiger partial charge in [-0.05, 0) is 49.2 Å². The van der Waals surface area contributed by atoms with Crippen LogP contribution in [0.25, 0.3) is 0 Å². The van der Waals surface area contributed by atoms with Gasteiger partial charge in [0.1, 0.15) is 0 Å². The van der Waals surface area contributed by atoms with Crippen LogP contribution in [0.15, 0.2) is 48.5 Å². The number of benzene rings is 2. The Labute approximate surface area is 216 Å². The van der Waals surface area contributed by atoms with Crippen LogP contribution < -0.4 is 16.0 Å². The number of nitrogens with one attached hydrogen (secondary N) is 3. The average Bonchev–Trinajstić information content (AvgIpc) is 2.87. The first-order valence-corrected chi connectivity index (χ1v) is 14.8. The molecule has 3 heteroatoms. The van der Waals surface area contributed by atoms with E-state index in [-0.39, 0.29) is 0 Å². The van der Waals surface area contributed by atoms with Crippen molar-refractivity contribution in [1.29, 1.82) is 0 Å². The summed E-state index contributed by atoms with van der Waals surface area (Å²) in [5.41, 5.74) is 4.65. The zero-order chi connectivity index (χ0) is 24.8. The Bertz CT molecular complexity index is 694. The van der Waals surface area contributed by atoms with E-state index in [0.717, 1.165) is 24.5 Å². The fourth-order valence-electron chi connectivity index (χ4n) is 4.56. The zero-order valence-corrected chi connectivity index (χ0v) is 22.8. The number of anilines is 4. The van der Waals surface area contributed by atoms with Crippen LogP contribution in [0.3, 0.4) is 0 Å². The minimum atomic E-state index is 1.05. The van der Waals surface area contributed by atoms with Gasteiger partial charge in [-0.3, -0.25) is 0 Å².